The van der Waals surface area contributed by atoms with Gasteiger partial charge in [0.05, 0.1) is 10.9 Å². The van der Waals surface area contributed by atoms with Gasteiger partial charge in [-0.05, 0) is 25.2 Å². The molecule has 2 N–H and O–H groups in total. The van der Waals surface area contributed by atoms with Crippen LogP contribution in [0.1, 0.15) is 32.6 Å². The zero-order chi connectivity index (χ0) is 13.5. The Bertz CT molecular complexity index is 289. The van der Waals surface area contributed by atoms with Crippen molar-refractivity contribution in [1.82, 2.24) is 4.90 Å². The van der Waals surface area contributed by atoms with Gasteiger partial charge in [0.15, 0.2) is 0 Å². The molecule has 0 aromatic heterocycles. The smallest absolute Gasteiger partial charge is 0.232 e. The van der Waals surface area contributed by atoms with E-state index >= 15 is 0 Å². The van der Waals surface area contributed by atoms with Crippen LogP contribution in [0.15, 0.2) is 0 Å². The Morgan fingerprint density at radius 1 is 1.50 bits per heavy atom. The Morgan fingerprint density at radius 2 is 2.11 bits per heavy atom. The number of methoxy groups -OCH3 is 1. The standard InChI is InChI=1S/C13H24N2O2S/c1-3-4-11(12(14)18)13(16)15-7-5-10(6-8-15)9-17-2/h10-11H,3-9H2,1-2H3,(H2,14,18). The Labute approximate surface area is 115 Å². The molecule has 1 aliphatic rings. The second-order valence-corrected chi connectivity index (χ2v) is 5.44. The maximum Gasteiger partial charge on any atom is 0.232 e. The van der Waals surface area contributed by atoms with Gasteiger partial charge >= 0.3 is 0 Å². The molecule has 0 bridgehead atoms. The van der Waals surface area contributed by atoms with Crippen molar-refractivity contribution in [2.75, 3.05) is 26.8 Å². The van der Waals surface area contributed by atoms with Crippen LogP contribution in [0, 0.1) is 11.8 Å². The van der Waals surface area contributed by atoms with Gasteiger partial charge in [-0.1, -0.05) is 25.6 Å². The summed E-state index contributed by atoms with van der Waals surface area (Å²) in [6, 6.07) is 0. The minimum absolute atomic E-state index is 0.111. The number of nitrogens with two attached hydrogens (primary N) is 1. The molecule has 1 atom stereocenters. The summed E-state index contributed by atoms with van der Waals surface area (Å²) < 4.78 is 5.16. The predicted octanol–water partition coefficient (Wildman–Crippen LogP) is 1.57. The van der Waals surface area contributed by atoms with Crippen molar-refractivity contribution in [3.05, 3.63) is 0 Å². The summed E-state index contributed by atoms with van der Waals surface area (Å²) in [4.78, 5) is 14.6. The number of carbonyl (C=O) groups is 1. The van der Waals surface area contributed by atoms with E-state index in [1.807, 2.05) is 11.8 Å². The number of hydrogen-bond donors (Lipinski definition) is 1. The van der Waals surface area contributed by atoms with Crippen molar-refractivity contribution in [2.24, 2.45) is 17.6 Å². The SMILES string of the molecule is CCCC(C(=O)N1CCC(COC)CC1)C(N)=S. The molecule has 1 rings (SSSR count). The number of nitrogens with zero attached hydrogens (tertiary/aromatic N) is 1. The highest BCUT2D eigenvalue weighted by atomic mass is 32.1. The molecule has 1 fully saturated rings. The van der Waals surface area contributed by atoms with E-state index in [0.717, 1.165) is 45.4 Å². The molecule has 1 aliphatic heterocycles. The van der Waals surface area contributed by atoms with E-state index in [4.69, 9.17) is 22.7 Å². The lowest BCUT2D eigenvalue weighted by molar-refractivity contribution is -0.135. The van der Waals surface area contributed by atoms with Gasteiger partial charge in [0.1, 0.15) is 0 Å². The summed E-state index contributed by atoms with van der Waals surface area (Å²) in [5, 5.41) is 0. The molecule has 4 nitrogen and oxygen atoms in total. The van der Waals surface area contributed by atoms with E-state index in [2.05, 4.69) is 0 Å². The van der Waals surface area contributed by atoms with E-state index in [9.17, 15) is 4.79 Å². The summed E-state index contributed by atoms with van der Waals surface area (Å²) >= 11 is 5.00. The summed E-state index contributed by atoms with van der Waals surface area (Å²) in [5.74, 6) is 0.415. The van der Waals surface area contributed by atoms with Crippen LogP contribution in [0.25, 0.3) is 0 Å². The Kier molecular flexibility index (Phi) is 6.57. The minimum atomic E-state index is -0.274. The van der Waals surface area contributed by atoms with Gasteiger partial charge in [0.2, 0.25) is 5.91 Å². The van der Waals surface area contributed by atoms with E-state index in [0.29, 0.717) is 10.9 Å². The van der Waals surface area contributed by atoms with E-state index < -0.39 is 0 Å². The van der Waals surface area contributed by atoms with Crippen LogP contribution in [-0.2, 0) is 9.53 Å². The average Bonchev–Trinajstić information content (AvgIpc) is 2.36. The number of rotatable bonds is 6. The lowest BCUT2D eigenvalue weighted by Gasteiger charge is -2.33. The molecule has 0 aromatic rings. The fourth-order valence-electron chi connectivity index (χ4n) is 2.45. The highest BCUT2D eigenvalue weighted by Crippen LogP contribution is 2.20. The first-order chi connectivity index (χ1) is 8.60. The van der Waals surface area contributed by atoms with Crippen LogP contribution in [0.4, 0.5) is 0 Å². The van der Waals surface area contributed by atoms with Gasteiger partial charge in [-0.25, -0.2) is 0 Å². The second kappa shape index (κ2) is 7.69. The first-order valence-corrected chi connectivity index (χ1v) is 7.08. The van der Waals surface area contributed by atoms with Crippen LogP contribution >= 0.6 is 12.2 Å². The van der Waals surface area contributed by atoms with E-state index in [1.165, 1.54) is 0 Å². The highest BCUT2D eigenvalue weighted by molar-refractivity contribution is 7.80. The Morgan fingerprint density at radius 3 is 2.56 bits per heavy atom. The Balaban J connectivity index is 2.50. The van der Waals surface area contributed by atoms with Crippen molar-refractivity contribution in [2.45, 2.75) is 32.6 Å². The second-order valence-electron chi connectivity index (χ2n) is 4.97. The average molecular weight is 272 g/mol. The molecule has 0 saturated carbocycles. The lowest BCUT2D eigenvalue weighted by atomic mass is 9.95. The summed E-state index contributed by atoms with van der Waals surface area (Å²) in [6.07, 6.45) is 3.70. The number of likely N-dealkylation sites (tertiary alicyclic amines) is 1. The topological polar surface area (TPSA) is 55.6 Å². The zero-order valence-electron chi connectivity index (χ0n) is 11.4. The number of thiocarbonyl (C=S) groups is 1. The quantitative estimate of drug-likeness (QED) is 0.746. The zero-order valence-corrected chi connectivity index (χ0v) is 12.2. The molecule has 1 amide bonds. The van der Waals surface area contributed by atoms with Gasteiger partial charge in [-0.2, -0.15) is 0 Å². The lowest BCUT2D eigenvalue weighted by Crippen LogP contribution is -2.45. The van der Waals surface area contributed by atoms with Gasteiger partial charge in [-0.3, -0.25) is 4.79 Å². The first kappa shape index (κ1) is 15.4. The van der Waals surface area contributed by atoms with Gasteiger partial charge in [0.25, 0.3) is 0 Å². The molecule has 0 radical (unpaired) electrons. The molecule has 104 valence electrons. The normalized spacial score (nSPS) is 18.7. The molecule has 1 unspecified atom stereocenters. The fraction of sp³-hybridized carbons (Fsp3) is 0.846. The molecule has 0 spiro atoms. The van der Waals surface area contributed by atoms with Crippen LogP contribution < -0.4 is 5.73 Å². The predicted molar refractivity (Wildman–Crippen MR) is 76.4 cm³/mol. The third-order valence-corrected chi connectivity index (χ3v) is 3.83. The number of hydrogen-bond acceptors (Lipinski definition) is 3. The largest absolute Gasteiger partial charge is 0.393 e. The van der Waals surface area contributed by atoms with E-state index in [1.54, 1.807) is 7.11 Å². The molecule has 1 heterocycles. The van der Waals surface area contributed by atoms with Gasteiger partial charge < -0.3 is 15.4 Å². The summed E-state index contributed by atoms with van der Waals surface area (Å²) in [7, 11) is 1.72. The monoisotopic (exact) mass is 272 g/mol. The highest BCUT2D eigenvalue weighted by Gasteiger charge is 2.29. The number of carbonyl (C=O) groups excluding carboxylic acids is 1. The molecular formula is C13H24N2O2S. The van der Waals surface area contributed by atoms with Crippen LogP contribution in [0.5, 0.6) is 0 Å². The van der Waals surface area contributed by atoms with Gasteiger partial charge in [0, 0.05) is 26.8 Å². The maximum absolute atomic E-state index is 12.3. The van der Waals surface area contributed by atoms with Crippen molar-refractivity contribution in [3.63, 3.8) is 0 Å². The van der Waals surface area contributed by atoms with Crippen LogP contribution in [0.3, 0.4) is 0 Å². The number of amides is 1. The third kappa shape index (κ3) is 4.21. The number of piperidine rings is 1. The van der Waals surface area contributed by atoms with Gasteiger partial charge in [-0.15, -0.1) is 0 Å². The Hall–Kier alpha value is -0.680. The van der Waals surface area contributed by atoms with Crippen LogP contribution in [-0.4, -0.2) is 42.6 Å². The molecular weight excluding hydrogens is 248 g/mol. The minimum Gasteiger partial charge on any atom is -0.393 e. The summed E-state index contributed by atoms with van der Waals surface area (Å²) in [6.45, 7) is 4.43. The van der Waals surface area contributed by atoms with Crippen molar-refractivity contribution < 1.29 is 9.53 Å². The van der Waals surface area contributed by atoms with E-state index in [-0.39, 0.29) is 11.8 Å². The third-order valence-electron chi connectivity index (χ3n) is 3.55. The molecule has 0 aromatic carbocycles. The summed E-state index contributed by atoms with van der Waals surface area (Å²) in [5.41, 5.74) is 5.67. The fourth-order valence-corrected chi connectivity index (χ4v) is 2.67. The van der Waals surface area contributed by atoms with Crippen LogP contribution in [0.2, 0.25) is 0 Å². The van der Waals surface area contributed by atoms with Crippen molar-refractivity contribution >= 4 is 23.1 Å². The number of ether oxygens (including phenoxy) is 1. The van der Waals surface area contributed by atoms with Crippen molar-refractivity contribution in [3.8, 4) is 0 Å². The molecule has 0 aliphatic carbocycles. The molecule has 18 heavy (non-hydrogen) atoms. The van der Waals surface area contributed by atoms with Crippen molar-refractivity contribution in [1.29, 1.82) is 0 Å². The maximum atomic E-state index is 12.3. The first-order valence-electron chi connectivity index (χ1n) is 6.67. The molecule has 1 saturated heterocycles. The molecule has 5 heteroatoms.